The predicted octanol–water partition coefficient (Wildman–Crippen LogP) is 0.773. The highest BCUT2D eigenvalue weighted by Gasteiger charge is 2.23. The van der Waals surface area contributed by atoms with E-state index < -0.39 is 10.0 Å². The van der Waals surface area contributed by atoms with Crippen molar-refractivity contribution in [2.75, 3.05) is 35.9 Å². The Balaban J connectivity index is 1.89. The van der Waals surface area contributed by atoms with Crippen molar-refractivity contribution in [1.29, 1.82) is 0 Å². The van der Waals surface area contributed by atoms with Gasteiger partial charge in [0.1, 0.15) is 5.82 Å². The summed E-state index contributed by atoms with van der Waals surface area (Å²) in [6.07, 6.45) is 1.48. The fourth-order valence-electron chi connectivity index (χ4n) is 2.59. The second-order valence-corrected chi connectivity index (χ2v) is 7.64. The van der Waals surface area contributed by atoms with Gasteiger partial charge in [0, 0.05) is 26.3 Å². The van der Waals surface area contributed by atoms with Crippen LogP contribution >= 0.6 is 0 Å². The van der Waals surface area contributed by atoms with Crippen molar-refractivity contribution in [2.45, 2.75) is 25.8 Å². The molecule has 1 N–H and O–H groups in total. The second-order valence-electron chi connectivity index (χ2n) is 6.01. The van der Waals surface area contributed by atoms with E-state index in [0.717, 1.165) is 13.1 Å². The van der Waals surface area contributed by atoms with Gasteiger partial charge in [-0.1, -0.05) is 0 Å². The quantitative estimate of drug-likeness (QED) is 0.853. The minimum atomic E-state index is -3.79. The van der Waals surface area contributed by atoms with E-state index in [-0.39, 0.29) is 5.03 Å². The Labute approximate surface area is 147 Å². The van der Waals surface area contributed by atoms with Crippen LogP contribution in [0.3, 0.4) is 0 Å². The first kappa shape index (κ1) is 17.6. The lowest BCUT2D eigenvalue weighted by molar-refractivity contribution is 0.122. The van der Waals surface area contributed by atoms with E-state index in [1.807, 2.05) is 4.90 Å². The number of anilines is 2. The van der Waals surface area contributed by atoms with E-state index in [2.05, 4.69) is 19.7 Å². The molecular formula is C15H22N6O3S. The van der Waals surface area contributed by atoms with Gasteiger partial charge in [0.15, 0.2) is 5.03 Å². The van der Waals surface area contributed by atoms with Crippen LogP contribution in [0.5, 0.6) is 0 Å². The zero-order valence-corrected chi connectivity index (χ0v) is 15.6. The Bertz CT molecular complexity index is 844. The van der Waals surface area contributed by atoms with E-state index in [9.17, 15) is 8.42 Å². The number of rotatable bonds is 4. The molecule has 0 radical (unpaired) electrons. The van der Waals surface area contributed by atoms with Gasteiger partial charge in [-0.2, -0.15) is 8.42 Å². The maximum Gasteiger partial charge on any atom is 0.281 e. The van der Waals surface area contributed by atoms with Gasteiger partial charge >= 0.3 is 0 Å². The van der Waals surface area contributed by atoms with Gasteiger partial charge in [-0.25, -0.2) is 15.0 Å². The van der Waals surface area contributed by atoms with Crippen LogP contribution in [0.15, 0.2) is 11.2 Å². The number of nitrogens with zero attached hydrogens (tertiary/aromatic N) is 5. The van der Waals surface area contributed by atoms with Gasteiger partial charge in [-0.3, -0.25) is 4.72 Å². The van der Waals surface area contributed by atoms with Crippen molar-refractivity contribution < 1.29 is 13.2 Å². The molecule has 1 aliphatic rings. The molecule has 0 aliphatic carbocycles. The summed E-state index contributed by atoms with van der Waals surface area (Å²) in [5.74, 6) is 1.21. The third kappa shape index (κ3) is 3.59. The van der Waals surface area contributed by atoms with E-state index in [1.54, 1.807) is 32.4 Å². The first-order valence-corrected chi connectivity index (χ1v) is 9.47. The van der Waals surface area contributed by atoms with Crippen LogP contribution in [-0.4, -0.2) is 54.2 Å². The normalized spacial score (nSPS) is 15.4. The number of nitrogens with one attached hydrogen (secondary N) is 1. The van der Waals surface area contributed by atoms with Crippen LogP contribution in [-0.2, 0) is 21.8 Å². The molecule has 2 aromatic rings. The van der Waals surface area contributed by atoms with Crippen molar-refractivity contribution in [3.63, 3.8) is 0 Å². The number of sulfonamides is 1. The highest BCUT2D eigenvalue weighted by atomic mass is 32.2. The van der Waals surface area contributed by atoms with Gasteiger partial charge < -0.3 is 14.2 Å². The molecule has 1 aliphatic heterocycles. The average molecular weight is 366 g/mol. The smallest absolute Gasteiger partial charge is 0.281 e. The Morgan fingerprint density at radius 3 is 2.20 bits per heavy atom. The number of aromatic nitrogens is 4. The summed E-state index contributed by atoms with van der Waals surface area (Å²) in [5.41, 5.74) is 1.54. The Morgan fingerprint density at radius 1 is 1.08 bits per heavy atom. The van der Waals surface area contributed by atoms with Crippen LogP contribution < -0.4 is 9.62 Å². The molecule has 2 aromatic heterocycles. The molecular weight excluding hydrogens is 344 g/mol. The second kappa shape index (κ2) is 6.60. The molecule has 10 heteroatoms. The van der Waals surface area contributed by atoms with Crippen LogP contribution in [0.25, 0.3) is 0 Å². The highest BCUT2D eigenvalue weighted by Crippen LogP contribution is 2.24. The molecule has 0 aromatic carbocycles. The number of hydrogen-bond donors (Lipinski definition) is 1. The number of morpholine rings is 1. The Kier molecular flexibility index (Phi) is 4.65. The topological polar surface area (TPSA) is 102 Å². The molecule has 9 nitrogen and oxygen atoms in total. The monoisotopic (exact) mass is 366 g/mol. The molecule has 0 amide bonds. The van der Waals surface area contributed by atoms with Crippen molar-refractivity contribution in [1.82, 2.24) is 19.5 Å². The van der Waals surface area contributed by atoms with Crippen LogP contribution in [0.4, 0.5) is 11.6 Å². The minimum Gasteiger partial charge on any atom is -0.378 e. The zero-order chi connectivity index (χ0) is 18.2. The third-order valence-corrected chi connectivity index (χ3v) is 5.37. The molecule has 0 saturated carbocycles. The number of ether oxygens (including phenoxy) is 1. The van der Waals surface area contributed by atoms with Crippen LogP contribution in [0, 0.1) is 20.8 Å². The molecule has 1 fully saturated rings. The SMILES string of the molecule is Cc1nc(N2CCOCC2)nc(C)c1NS(=O)(=O)c1cn(C)c(C)n1. The Morgan fingerprint density at radius 2 is 1.68 bits per heavy atom. The predicted molar refractivity (Wildman–Crippen MR) is 93.3 cm³/mol. The molecule has 3 rings (SSSR count). The maximum absolute atomic E-state index is 12.6. The lowest BCUT2D eigenvalue weighted by Crippen LogP contribution is -2.37. The van der Waals surface area contributed by atoms with Gasteiger partial charge in [0.2, 0.25) is 5.95 Å². The molecule has 136 valence electrons. The molecule has 0 unspecified atom stereocenters. The lowest BCUT2D eigenvalue weighted by atomic mass is 10.3. The molecule has 0 spiro atoms. The molecule has 3 heterocycles. The summed E-state index contributed by atoms with van der Waals surface area (Å²) in [7, 11) is -2.05. The Hall–Kier alpha value is -2.20. The fraction of sp³-hybridized carbons (Fsp3) is 0.533. The first-order chi connectivity index (χ1) is 11.8. The highest BCUT2D eigenvalue weighted by molar-refractivity contribution is 7.92. The average Bonchev–Trinajstić information content (AvgIpc) is 2.92. The number of hydrogen-bond acceptors (Lipinski definition) is 7. The molecule has 1 saturated heterocycles. The summed E-state index contributed by atoms with van der Waals surface area (Å²) in [6.45, 7) is 7.98. The van der Waals surface area contributed by atoms with Gasteiger partial charge in [-0.15, -0.1) is 0 Å². The van der Waals surface area contributed by atoms with Crippen molar-refractivity contribution in [3.05, 3.63) is 23.4 Å². The van der Waals surface area contributed by atoms with Crippen molar-refractivity contribution in [2.24, 2.45) is 7.05 Å². The van der Waals surface area contributed by atoms with E-state index in [1.165, 1.54) is 6.20 Å². The van der Waals surface area contributed by atoms with Gasteiger partial charge in [0.05, 0.1) is 30.3 Å². The van der Waals surface area contributed by atoms with Gasteiger partial charge in [0.25, 0.3) is 10.0 Å². The van der Waals surface area contributed by atoms with E-state index >= 15 is 0 Å². The summed E-state index contributed by atoms with van der Waals surface area (Å²) < 4.78 is 34.7. The van der Waals surface area contributed by atoms with Crippen LogP contribution in [0.2, 0.25) is 0 Å². The number of aryl methyl sites for hydroxylation is 4. The molecule has 0 atom stereocenters. The van der Waals surface area contributed by atoms with Crippen molar-refractivity contribution >= 4 is 21.7 Å². The van der Waals surface area contributed by atoms with Crippen LogP contribution in [0.1, 0.15) is 17.2 Å². The summed E-state index contributed by atoms with van der Waals surface area (Å²) in [6, 6.07) is 0. The standard InChI is InChI=1S/C15H22N6O3S/c1-10-14(19-25(22,23)13-9-20(4)12(3)18-13)11(2)17-15(16-10)21-5-7-24-8-6-21/h9,19H,5-8H2,1-4H3. The third-order valence-electron chi connectivity index (χ3n) is 4.15. The van der Waals surface area contributed by atoms with Crippen molar-refractivity contribution in [3.8, 4) is 0 Å². The largest absolute Gasteiger partial charge is 0.378 e. The first-order valence-electron chi connectivity index (χ1n) is 7.98. The lowest BCUT2D eigenvalue weighted by Gasteiger charge is -2.27. The van der Waals surface area contributed by atoms with Gasteiger partial charge in [-0.05, 0) is 20.8 Å². The summed E-state index contributed by atoms with van der Waals surface area (Å²) in [5, 5.41) is -0.0245. The number of imidazole rings is 1. The summed E-state index contributed by atoms with van der Waals surface area (Å²) in [4.78, 5) is 15.0. The maximum atomic E-state index is 12.6. The summed E-state index contributed by atoms with van der Waals surface area (Å²) >= 11 is 0. The fourth-order valence-corrected chi connectivity index (χ4v) is 3.81. The molecule has 0 bridgehead atoms. The van der Waals surface area contributed by atoms with E-state index in [4.69, 9.17) is 4.74 Å². The zero-order valence-electron chi connectivity index (χ0n) is 14.8. The minimum absolute atomic E-state index is 0.0245. The molecule has 25 heavy (non-hydrogen) atoms. The van der Waals surface area contributed by atoms with E-state index in [0.29, 0.717) is 42.1 Å².